The van der Waals surface area contributed by atoms with Gasteiger partial charge in [0.25, 0.3) is 0 Å². The van der Waals surface area contributed by atoms with Crippen LogP contribution in [0, 0.1) is 0 Å². The topological polar surface area (TPSA) is 45.6 Å². The zero-order chi connectivity index (χ0) is 28.1. The fourth-order valence-corrected chi connectivity index (χ4v) is 6.28. The second-order valence-electron chi connectivity index (χ2n) is 10.4. The van der Waals surface area contributed by atoms with Crippen molar-refractivity contribution in [3.8, 4) is 5.88 Å². The maximum absolute atomic E-state index is 13.1. The van der Waals surface area contributed by atoms with Gasteiger partial charge < -0.3 is 14.7 Å². The summed E-state index contributed by atoms with van der Waals surface area (Å²) in [5.41, 5.74) is 2.43. The number of halogens is 1. The van der Waals surface area contributed by atoms with Crippen molar-refractivity contribution in [2.75, 3.05) is 26.7 Å². The quantitative estimate of drug-likeness (QED) is 0.166. The van der Waals surface area contributed by atoms with E-state index in [1.165, 1.54) is 0 Å². The van der Waals surface area contributed by atoms with Crippen LogP contribution in [0.4, 0.5) is 0 Å². The Hall–Kier alpha value is -3.25. The molecular weight excluding hydrogens is 560 g/mol. The molecule has 2 atom stereocenters. The van der Waals surface area contributed by atoms with E-state index in [1.54, 1.807) is 7.11 Å². The van der Waals surface area contributed by atoms with Gasteiger partial charge in [0, 0.05) is 21.3 Å². The largest absolute Gasteiger partial charge is 0.481 e. The van der Waals surface area contributed by atoms with Gasteiger partial charge >= 0.3 is 0 Å². The maximum Gasteiger partial charge on any atom is 0.217 e. The third kappa shape index (κ3) is 5.78. The molecule has 0 aliphatic rings. The van der Waals surface area contributed by atoms with E-state index < -0.39 is 11.5 Å². The molecule has 2 unspecified atom stereocenters. The van der Waals surface area contributed by atoms with Gasteiger partial charge in [-0.2, -0.15) is 0 Å². The second kappa shape index (κ2) is 12.5. The van der Waals surface area contributed by atoms with E-state index in [4.69, 9.17) is 9.72 Å². The molecule has 1 N–H and O–H groups in total. The third-order valence-electron chi connectivity index (χ3n) is 8.06. The lowest BCUT2D eigenvalue weighted by molar-refractivity contribution is 0.00557. The van der Waals surface area contributed by atoms with Crippen LogP contribution < -0.4 is 4.74 Å². The number of nitrogens with zero attached hydrogens (tertiary/aromatic N) is 2. The lowest BCUT2D eigenvalue weighted by Gasteiger charge is -2.39. The number of methoxy groups -OCH3 is 1. The molecule has 0 fully saturated rings. The molecule has 40 heavy (non-hydrogen) atoms. The Balaban J connectivity index is 1.74. The predicted octanol–water partition coefficient (Wildman–Crippen LogP) is 8.30. The Labute approximate surface area is 245 Å². The lowest BCUT2D eigenvalue weighted by atomic mass is 9.71. The van der Waals surface area contributed by atoms with E-state index >= 15 is 0 Å². The van der Waals surface area contributed by atoms with Crippen LogP contribution in [0.5, 0.6) is 5.88 Å². The van der Waals surface area contributed by atoms with Gasteiger partial charge in [0.1, 0.15) is 5.60 Å². The molecular formula is C35H37BrN2O2. The first kappa shape index (κ1) is 28.3. The molecule has 4 aromatic carbocycles. The molecule has 0 spiro atoms. The summed E-state index contributed by atoms with van der Waals surface area (Å²) in [4.78, 5) is 7.32. The summed E-state index contributed by atoms with van der Waals surface area (Å²) >= 11 is 3.62. The third-order valence-corrected chi connectivity index (χ3v) is 8.55. The van der Waals surface area contributed by atoms with Crippen LogP contribution in [0.3, 0.4) is 0 Å². The van der Waals surface area contributed by atoms with E-state index in [0.717, 1.165) is 68.9 Å². The molecule has 4 nitrogen and oxygen atoms in total. The first-order chi connectivity index (χ1) is 19.5. The number of pyridine rings is 1. The molecule has 0 aliphatic carbocycles. The van der Waals surface area contributed by atoms with Crippen molar-refractivity contribution in [2.24, 2.45) is 0 Å². The second-order valence-corrected chi connectivity index (χ2v) is 11.3. The fourth-order valence-electron chi connectivity index (χ4n) is 5.90. The van der Waals surface area contributed by atoms with Crippen LogP contribution in [0.2, 0.25) is 0 Å². The number of ether oxygens (including phenoxy) is 1. The average Bonchev–Trinajstić information content (AvgIpc) is 2.99. The van der Waals surface area contributed by atoms with Gasteiger partial charge in [-0.05, 0) is 84.7 Å². The molecule has 5 rings (SSSR count). The average molecular weight is 598 g/mol. The van der Waals surface area contributed by atoms with Crippen molar-refractivity contribution in [1.29, 1.82) is 0 Å². The Kier molecular flexibility index (Phi) is 8.84. The van der Waals surface area contributed by atoms with Crippen LogP contribution >= 0.6 is 15.9 Å². The summed E-state index contributed by atoms with van der Waals surface area (Å²) in [5.74, 6) is 0.129. The van der Waals surface area contributed by atoms with Gasteiger partial charge in [0.15, 0.2) is 0 Å². The molecule has 0 radical (unpaired) electrons. The molecule has 0 saturated carbocycles. The SMILES string of the molecule is CCN(CC)CCCC(O)(c1ccc2ccccc2c1)C(c1ccccc1)c1cc2cc(Br)ccc2nc1OC. The Morgan fingerprint density at radius 2 is 1.57 bits per heavy atom. The summed E-state index contributed by atoms with van der Waals surface area (Å²) in [6, 6.07) is 33.2. The summed E-state index contributed by atoms with van der Waals surface area (Å²) in [7, 11) is 1.66. The molecule has 206 valence electrons. The smallest absolute Gasteiger partial charge is 0.217 e. The molecule has 5 aromatic rings. The van der Waals surface area contributed by atoms with E-state index in [-0.39, 0.29) is 0 Å². The van der Waals surface area contributed by atoms with E-state index in [9.17, 15) is 5.11 Å². The number of benzene rings is 4. The standard InChI is InChI=1S/C35H37BrN2O2/c1-4-38(5-2)21-11-20-35(39,29-17-16-25-12-9-10-15-27(25)22-29)33(26-13-7-6-8-14-26)31-24-28-23-30(36)18-19-32(28)37-34(31)40-3/h6-10,12-19,22-24,33,39H,4-5,11,20-21H2,1-3H3. The monoisotopic (exact) mass is 596 g/mol. The highest BCUT2D eigenvalue weighted by atomic mass is 79.9. The summed E-state index contributed by atoms with van der Waals surface area (Å²) in [6.45, 7) is 7.28. The van der Waals surface area contributed by atoms with Gasteiger partial charge in [-0.3, -0.25) is 0 Å². The molecule has 1 heterocycles. The van der Waals surface area contributed by atoms with Crippen molar-refractivity contribution in [3.63, 3.8) is 0 Å². The Morgan fingerprint density at radius 3 is 2.30 bits per heavy atom. The van der Waals surface area contributed by atoms with Crippen molar-refractivity contribution in [3.05, 3.63) is 118 Å². The fraction of sp³-hybridized carbons (Fsp3) is 0.286. The van der Waals surface area contributed by atoms with Crippen LogP contribution in [-0.4, -0.2) is 41.7 Å². The van der Waals surface area contributed by atoms with Gasteiger partial charge in [-0.15, -0.1) is 0 Å². The molecule has 0 bridgehead atoms. The van der Waals surface area contributed by atoms with Crippen molar-refractivity contribution < 1.29 is 9.84 Å². The number of hydrogen-bond acceptors (Lipinski definition) is 4. The predicted molar refractivity (Wildman–Crippen MR) is 169 cm³/mol. The lowest BCUT2D eigenvalue weighted by Crippen LogP contribution is -2.36. The number of aliphatic hydroxyl groups is 1. The first-order valence-corrected chi connectivity index (χ1v) is 14.9. The highest BCUT2D eigenvalue weighted by Gasteiger charge is 2.42. The summed E-state index contributed by atoms with van der Waals surface area (Å²) < 4.78 is 6.91. The van der Waals surface area contributed by atoms with Gasteiger partial charge in [0.2, 0.25) is 5.88 Å². The van der Waals surface area contributed by atoms with Gasteiger partial charge in [-0.1, -0.05) is 96.5 Å². The minimum atomic E-state index is -1.22. The van der Waals surface area contributed by atoms with E-state index in [2.05, 4.69) is 95.3 Å². The van der Waals surface area contributed by atoms with Gasteiger partial charge in [-0.25, -0.2) is 4.98 Å². The molecule has 1 aromatic heterocycles. The molecule has 5 heteroatoms. The van der Waals surface area contributed by atoms with E-state index in [0.29, 0.717) is 12.3 Å². The van der Waals surface area contributed by atoms with Gasteiger partial charge in [0.05, 0.1) is 12.6 Å². The van der Waals surface area contributed by atoms with Crippen LogP contribution in [0.15, 0.2) is 102 Å². The number of fused-ring (bicyclic) bond motifs is 2. The minimum absolute atomic E-state index is 0.405. The zero-order valence-electron chi connectivity index (χ0n) is 23.5. The number of hydrogen-bond donors (Lipinski definition) is 1. The summed E-state index contributed by atoms with van der Waals surface area (Å²) in [6.07, 6.45) is 1.43. The summed E-state index contributed by atoms with van der Waals surface area (Å²) in [5, 5.41) is 16.4. The van der Waals surface area contributed by atoms with Crippen LogP contribution in [-0.2, 0) is 5.60 Å². The normalized spacial score (nSPS) is 13.9. The molecule has 0 saturated heterocycles. The molecule has 0 amide bonds. The number of rotatable bonds is 11. The highest BCUT2D eigenvalue weighted by Crippen LogP contribution is 2.48. The Bertz CT molecular complexity index is 1590. The van der Waals surface area contributed by atoms with Crippen molar-refractivity contribution in [2.45, 2.75) is 38.2 Å². The number of aromatic nitrogens is 1. The van der Waals surface area contributed by atoms with E-state index in [1.807, 2.05) is 36.4 Å². The minimum Gasteiger partial charge on any atom is -0.481 e. The Morgan fingerprint density at radius 1 is 0.850 bits per heavy atom. The van der Waals surface area contributed by atoms with Crippen molar-refractivity contribution >= 4 is 37.6 Å². The highest BCUT2D eigenvalue weighted by molar-refractivity contribution is 9.10. The molecule has 0 aliphatic heterocycles. The first-order valence-electron chi connectivity index (χ1n) is 14.1. The maximum atomic E-state index is 13.1. The van der Waals surface area contributed by atoms with Crippen LogP contribution in [0.1, 0.15) is 49.3 Å². The zero-order valence-corrected chi connectivity index (χ0v) is 25.1. The van der Waals surface area contributed by atoms with Crippen LogP contribution in [0.25, 0.3) is 21.7 Å². The van der Waals surface area contributed by atoms with Crippen molar-refractivity contribution in [1.82, 2.24) is 9.88 Å².